The lowest BCUT2D eigenvalue weighted by molar-refractivity contribution is -0.122. The minimum Gasteiger partial charge on any atom is -0.383 e. The molecule has 1 amide bonds. The van der Waals surface area contributed by atoms with Crippen molar-refractivity contribution in [3.05, 3.63) is 46.8 Å². The van der Waals surface area contributed by atoms with Gasteiger partial charge in [-0.25, -0.2) is 4.99 Å². The Kier molecular flexibility index (Phi) is 5.38. The maximum absolute atomic E-state index is 12.5. The van der Waals surface area contributed by atoms with Crippen molar-refractivity contribution in [3.63, 3.8) is 0 Å². The van der Waals surface area contributed by atoms with Crippen LogP contribution in [-0.4, -0.2) is 22.5 Å². The third-order valence-electron chi connectivity index (χ3n) is 5.40. The zero-order valence-corrected chi connectivity index (χ0v) is 16.0. The first-order valence-electron chi connectivity index (χ1n) is 8.90. The Hall–Kier alpha value is -2.59. The number of allylic oxidation sites excluding steroid dienone is 1. The minimum atomic E-state index is -0.710. The van der Waals surface area contributed by atoms with Gasteiger partial charge in [-0.3, -0.25) is 9.59 Å². The van der Waals surface area contributed by atoms with Gasteiger partial charge in [0.05, 0.1) is 28.4 Å². The number of nitriles is 1. The molecule has 7 heteroatoms. The Bertz CT molecular complexity index is 874. The number of thioether (sulfide) groups is 1. The molecule has 1 heterocycles. The molecule has 1 fully saturated rings. The van der Waals surface area contributed by atoms with Crippen LogP contribution in [0.4, 0.5) is 0 Å². The first-order valence-corrected chi connectivity index (χ1v) is 9.88. The van der Waals surface area contributed by atoms with Crippen LogP contribution in [0.1, 0.15) is 41.6 Å². The maximum atomic E-state index is 12.5. The lowest BCUT2D eigenvalue weighted by Gasteiger charge is -2.38. The Labute approximate surface area is 162 Å². The number of Topliss-reactive ketones (excluding diaryl/α,β-unsaturated/α-hetero) is 1. The molecule has 1 aromatic carbocycles. The van der Waals surface area contributed by atoms with Gasteiger partial charge in [0.15, 0.2) is 5.78 Å². The largest absolute Gasteiger partial charge is 0.383 e. The van der Waals surface area contributed by atoms with E-state index >= 15 is 0 Å². The molecule has 1 atom stereocenters. The molecule has 0 bridgehead atoms. The molecule has 140 valence electrons. The number of aryl methyl sites for hydroxylation is 1. The van der Waals surface area contributed by atoms with E-state index in [9.17, 15) is 14.9 Å². The van der Waals surface area contributed by atoms with Crippen LogP contribution in [-0.2, 0) is 4.79 Å². The molecule has 1 aliphatic carbocycles. The van der Waals surface area contributed by atoms with Crippen molar-refractivity contribution in [1.29, 1.82) is 5.26 Å². The van der Waals surface area contributed by atoms with E-state index in [-0.39, 0.29) is 17.4 Å². The van der Waals surface area contributed by atoms with E-state index < -0.39 is 17.2 Å². The van der Waals surface area contributed by atoms with Gasteiger partial charge in [0, 0.05) is 11.0 Å². The number of rotatable bonds is 4. The van der Waals surface area contributed by atoms with E-state index in [2.05, 4.69) is 11.1 Å². The summed E-state index contributed by atoms with van der Waals surface area (Å²) in [5.74, 6) is -1.01. The highest BCUT2D eigenvalue weighted by Crippen LogP contribution is 2.53. The molecule has 4 N–H and O–H groups in total. The van der Waals surface area contributed by atoms with Crippen LogP contribution in [0.3, 0.4) is 0 Å². The number of benzene rings is 1. The van der Waals surface area contributed by atoms with E-state index in [1.165, 1.54) is 11.8 Å². The Morgan fingerprint density at radius 2 is 1.93 bits per heavy atom. The van der Waals surface area contributed by atoms with Crippen LogP contribution in [0.2, 0.25) is 0 Å². The quantitative estimate of drug-likeness (QED) is 0.775. The van der Waals surface area contributed by atoms with Gasteiger partial charge >= 0.3 is 0 Å². The summed E-state index contributed by atoms with van der Waals surface area (Å²) in [4.78, 5) is 29.1. The minimum absolute atomic E-state index is 0.0555. The summed E-state index contributed by atoms with van der Waals surface area (Å²) in [5.41, 5.74) is 13.1. The van der Waals surface area contributed by atoms with Crippen molar-refractivity contribution in [3.8, 4) is 6.07 Å². The highest BCUT2D eigenvalue weighted by Gasteiger charge is 2.52. The number of aliphatic imine (C=N–C) groups is 1. The van der Waals surface area contributed by atoms with Gasteiger partial charge < -0.3 is 11.5 Å². The summed E-state index contributed by atoms with van der Waals surface area (Å²) < 4.78 is 0. The standard InChI is InChI=1S/C20H22N4O2S/c1-12-4-6-13(7-5-12)15(25)11-27-19-16(18(23)26)20(8-2-3-9-20)14(10-21)17(22)24-19/h4-7,16H,2-3,8-9,11,22H2,1H3,(H2,23,26). The number of primary amides is 1. The number of amides is 1. The molecular weight excluding hydrogens is 360 g/mol. The maximum Gasteiger partial charge on any atom is 0.228 e. The zero-order chi connectivity index (χ0) is 19.6. The molecule has 1 saturated carbocycles. The second-order valence-electron chi connectivity index (χ2n) is 7.10. The number of ketones is 1. The summed E-state index contributed by atoms with van der Waals surface area (Å²) in [7, 11) is 0. The first-order chi connectivity index (χ1) is 12.9. The van der Waals surface area contributed by atoms with Crippen molar-refractivity contribution in [2.24, 2.45) is 27.8 Å². The third kappa shape index (κ3) is 3.50. The Balaban J connectivity index is 1.88. The molecule has 1 unspecified atom stereocenters. The number of nitrogens with zero attached hydrogens (tertiary/aromatic N) is 2. The van der Waals surface area contributed by atoms with E-state index in [1.807, 2.05) is 19.1 Å². The number of carbonyl (C=O) groups is 2. The van der Waals surface area contributed by atoms with Gasteiger partial charge in [0.25, 0.3) is 0 Å². The second kappa shape index (κ2) is 7.57. The van der Waals surface area contributed by atoms with E-state index in [1.54, 1.807) is 12.1 Å². The molecule has 0 radical (unpaired) electrons. The van der Waals surface area contributed by atoms with Crippen LogP contribution in [0.25, 0.3) is 0 Å². The van der Waals surface area contributed by atoms with Crippen LogP contribution in [0, 0.1) is 29.6 Å². The predicted octanol–water partition coefficient (Wildman–Crippen LogP) is 2.68. The Morgan fingerprint density at radius 3 is 2.48 bits per heavy atom. The molecule has 2 aliphatic rings. The number of hydrogen-bond donors (Lipinski definition) is 2. The number of carbonyl (C=O) groups excluding carboxylic acids is 2. The van der Waals surface area contributed by atoms with Crippen molar-refractivity contribution >= 4 is 28.5 Å². The molecule has 1 aliphatic heterocycles. The monoisotopic (exact) mass is 382 g/mol. The van der Waals surface area contributed by atoms with Crippen LogP contribution < -0.4 is 11.5 Å². The van der Waals surface area contributed by atoms with E-state index in [4.69, 9.17) is 11.5 Å². The molecule has 3 rings (SSSR count). The summed E-state index contributed by atoms with van der Waals surface area (Å²) in [6.07, 6.45) is 3.16. The fraction of sp³-hybridized carbons (Fsp3) is 0.400. The summed E-state index contributed by atoms with van der Waals surface area (Å²) >= 11 is 1.19. The third-order valence-corrected chi connectivity index (χ3v) is 6.43. The molecule has 27 heavy (non-hydrogen) atoms. The average molecular weight is 382 g/mol. The highest BCUT2D eigenvalue weighted by molar-refractivity contribution is 8.14. The molecule has 1 spiro atoms. The molecule has 0 saturated heterocycles. The fourth-order valence-electron chi connectivity index (χ4n) is 4.06. The van der Waals surface area contributed by atoms with Gasteiger partial charge in [-0.1, -0.05) is 42.7 Å². The molecule has 0 aromatic heterocycles. The van der Waals surface area contributed by atoms with Crippen molar-refractivity contribution < 1.29 is 9.59 Å². The van der Waals surface area contributed by atoms with Crippen LogP contribution >= 0.6 is 11.8 Å². The molecule has 1 aromatic rings. The van der Waals surface area contributed by atoms with Crippen molar-refractivity contribution in [2.75, 3.05) is 5.75 Å². The summed E-state index contributed by atoms with van der Waals surface area (Å²) in [6, 6.07) is 9.49. The van der Waals surface area contributed by atoms with E-state index in [0.717, 1.165) is 18.4 Å². The van der Waals surface area contributed by atoms with E-state index in [0.29, 0.717) is 29.0 Å². The van der Waals surface area contributed by atoms with Gasteiger partial charge in [-0.2, -0.15) is 5.26 Å². The topological polar surface area (TPSA) is 122 Å². The number of nitrogens with two attached hydrogens (primary N) is 2. The average Bonchev–Trinajstić information content (AvgIpc) is 3.09. The fourth-order valence-corrected chi connectivity index (χ4v) is 5.18. The lowest BCUT2D eigenvalue weighted by atomic mass is 9.67. The van der Waals surface area contributed by atoms with Crippen LogP contribution in [0.5, 0.6) is 0 Å². The zero-order valence-electron chi connectivity index (χ0n) is 15.2. The Morgan fingerprint density at radius 1 is 1.30 bits per heavy atom. The smallest absolute Gasteiger partial charge is 0.228 e. The van der Waals surface area contributed by atoms with Gasteiger partial charge in [-0.15, -0.1) is 11.8 Å². The van der Waals surface area contributed by atoms with Gasteiger partial charge in [0.2, 0.25) is 5.91 Å². The molecular formula is C20H22N4O2S. The van der Waals surface area contributed by atoms with Gasteiger partial charge in [-0.05, 0) is 19.8 Å². The van der Waals surface area contributed by atoms with Crippen LogP contribution in [0.15, 0.2) is 40.7 Å². The first kappa shape index (κ1) is 19.2. The molecule has 6 nitrogen and oxygen atoms in total. The van der Waals surface area contributed by atoms with Gasteiger partial charge in [0.1, 0.15) is 5.82 Å². The van der Waals surface area contributed by atoms with Crippen molar-refractivity contribution in [2.45, 2.75) is 32.6 Å². The normalized spacial score (nSPS) is 21.0. The SMILES string of the molecule is Cc1ccc(C(=O)CSC2=NC(N)=C(C#N)C3(CCCC3)C2C(N)=O)cc1. The second-order valence-corrected chi connectivity index (χ2v) is 8.09. The van der Waals surface area contributed by atoms with Crippen molar-refractivity contribution in [1.82, 2.24) is 0 Å². The predicted molar refractivity (Wildman–Crippen MR) is 106 cm³/mol. The summed E-state index contributed by atoms with van der Waals surface area (Å²) in [6.45, 7) is 1.96. The number of hydrogen-bond acceptors (Lipinski definition) is 6. The highest BCUT2D eigenvalue weighted by atomic mass is 32.2. The lowest BCUT2D eigenvalue weighted by Crippen LogP contribution is -2.46. The summed E-state index contributed by atoms with van der Waals surface area (Å²) in [5, 5.41) is 10.0.